The summed E-state index contributed by atoms with van der Waals surface area (Å²) in [7, 11) is 0. The van der Waals surface area contributed by atoms with Crippen molar-refractivity contribution in [1.29, 1.82) is 0 Å². The maximum absolute atomic E-state index is 5.48. The average molecular weight is 491 g/mol. The maximum Gasteiger partial charge on any atom is 0.227 e. The van der Waals surface area contributed by atoms with Crippen LogP contribution in [-0.4, -0.2) is 56.5 Å². The molecule has 0 amide bonds. The third-order valence-corrected chi connectivity index (χ3v) is 6.19. The summed E-state index contributed by atoms with van der Waals surface area (Å²) in [6.07, 6.45) is 1.77. The van der Waals surface area contributed by atoms with Crippen molar-refractivity contribution in [2.45, 2.75) is 6.54 Å². The summed E-state index contributed by atoms with van der Waals surface area (Å²) in [4.78, 5) is 13.1. The van der Waals surface area contributed by atoms with Crippen molar-refractivity contribution in [2.75, 3.05) is 36.5 Å². The highest BCUT2D eigenvalue weighted by Gasteiger charge is 2.13. The molecule has 1 N–H and O–H groups in total. The van der Waals surface area contributed by atoms with Crippen molar-refractivity contribution >= 4 is 17.3 Å². The molecule has 0 spiro atoms. The van der Waals surface area contributed by atoms with Gasteiger partial charge in [0, 0.05) is 41.8 Å². The number of nitrogens with one attached hydrogen (secondary N) is 1. The van der Waals surface area contributed by atoms with Crippen LogP contribution in [0.2, 0.25) is 0 Å². The first-order valence-electron chi connectivity index (χ1n) is 12.3. The van der Waals surface area contributed by atoms with E-state index in [1.165, 1.54) is 5.69 Å². The molecule has 9 heteroatoms. The van der Waals surface area contributed by atoms with E-state index < -0.39 is 0 Å². The number of hydrogen-bond acceptors (Lipinski definition) is 8. The van der Waals surface area contributed by atoms with E-state index in [0.29, 0.717) is 18.3 Å². The second-order valence-electron chi connectivity index (χ2n) is 8.75. The highest BCUT2D eigenvalue weighted by molar-refractivity contribution is 5.67. The summed E-state index contributed by atoms with van der Waals surface area (Å²) in [5.41, 5.74) is 5.98. The molecule has 37 heavy (non-hydrogen) atoms. The molecule has 9 nitrogen and oxygen atoms in total. The van der Waals surface area contributed by atoms with Crippen LogP contribution in [-0.2, 0) is 11.3 Å². The zero-order chi connectivity index (χ0) is 24.9. The zero-order valence-corrected chi connectivity index (χ0v) is 20.2. The van der Waals surface area contributed by atoms with E-state index in [9.17, 15) is 0 Å². The van der Waals surface area contributed by atoms with Gasteiger partial charge >= 0.3 is 0 Å². The molecule has 0 saturated carbocycles. The van der Waals surface area contributed by atoms with E-state index >= 15 is 0 Å². The Morgan fingerprint density at radius 1 is 0.838 bits per heavy atom. The Kier molecular flexibility index (Phi) is 6.50. The van der Waals surface area contributed by atoms with Crippen molar-refractivity contribution in [2.24, 2.45) is 0 Å². The lowest BCUT2D eigenvalue weighted by Crippen LogP contribution is -2.36. The Balaban J connectivity index is 1.14. The fraction of sp³-hybridized carbons (Fsp3) is 0.179. The van der Waals surface area contributed by atoms with Crippen molar-refractivity contribution < 1.29 is 4.74 Å². The predicted octanol–water partition coefficient (Wildman–Crippen LogP) is 4.43. The number of aromatic nitrogens is 6. The molecule has 184 valence electrons. The highest BCUT2D eigenvalue weighted by atomic mass is 16.5. The van der Waals surface area contributed by atoms with Crippen LogP contribution in [0.3, 0.4) is 0 Å². The molecule has 3 heterocycles. The minimum Gasteiger partial charge on any atom is -0.378 e. The number of rotatable bonds is 7. The van der Waals surface area contributed by atoms with Crippen LogP contribution in [0.15, 0.2) is 91.1 Å². The van der Waals surface area contributed by atoms with Gasteiger partial charge in [0.2, 0.25) is 11.8 Å². The van der Waals surface area contributed by atoms with Crippen LogP contribution < -0.4 is 10.2 Å². The normalized spacial score (nSPS) is 13.5. The number of nitrogens with zero attached hydrogens (tertiary/aromatic N) is 7. The molecule has 1 aliphatic rings. The lowest BCUT2D eigenvalue weighted by atomic mass is 10.1. The van der Waals surface area contributed by atoms with Gasteiger partial charge in [-0.2, -0.15) is 4.80 Å². The molecular weight excluding hydrogens is 464 g/mol. The van der Waals surface area contributed by atoms with E-state index in [0.717, 1.165) is 54.4 Å². The zero-order valence-electron chi connectivity index (χ0n) is 20.2. The minimum atomic E-state index is 0.536. The topological polar surface area (TPSA) is 93.9 Å². The van der Waals surface area contributed by atoms with Crippen LogP contribution in [0.25, 0.3) is 22.6 Å². The number of anilines is 3. The number of morpholine rings is 1. The van der Waals surface area contributed by atoms with Gasteiger partial charge in [-0.1, -0.05) is 42.5 Å². The van der Waals surface area contributed by atoms with Gasteiger partial charge in [-0.05, 0) is 53.2 Å². The molecule has 0 radical (unpaired) electrons. The van der Waals surface area contributed by atoms with Crippen LogP contribution in [0.1, 0.15) is 5.56 Å². The molecule has 1 aliphatic heterocycles. The summed E-state index contributed by atoms with van der Waals surface area (Å²) >= 11 is 0. The lowest BCUT2D eigenvalue weighted by molar-refractivity contribution is 0.122. The van der Waals surface area contributed by atoms with Gasteiger partial charge in [-0.15, -0.1) is 10.2 Å². The summed E-state index contributed by atoms with van der Waals surface area (Å²) in [6, 6.07) is 28.3. The van der Waals surface area contributed by atoms with Gasteiger partial charge < -0.3 is 15.0 Å². The summed E-state index contributed by atoms with van der Waals surface area (Å²) in [5.74, 6) is 1.12. The van der Waals surface area contributed by atoms with Crippen molar-refractivity contribution in [3.05, 3.63) is 96.7 Å². The molecule has 3 aromatic carbocycles. The summed E-state index contributed by atoms with van der Waals surface area (Å²) < 4.78 is 5.48. The molecule has 0 atom stereocenters. The van der Waals surface area contributed by atoms with Gasteiger partial charge in [-0.3, -0.25) is 0 Å². The first-order chi connectivity index (χ1) is 18.3. The van der Waals surface area contributed by atoms with Gasteiger partial charge in [0.05, 0.1) is 25.5 Å². The van der Waals surface area contributed by atoms with Crippen LogP contribution in [0.5, 0.6) is 0 Å². The van der Waals surface area contributed by atoms with Crippen LogP contribution in [0.4, 0.5) is 17.3 Å². The molecule has 5 aromatic rings. The molecule has 2 aromatic heterocycles. The highest BCUT2D eigenvalue weighted by Crippen LogP contribution is 2.25. The Labute approximate surface area is 214 Å². The summed E-state index contributed by atoms with van der Waals surface area (Å²) in [6.45, 7) is 3.89. The second-order valence-corrected chi connectivity index (χ2v) is 8.75. The van der Waals surface area contributed by atoms with Gasteiger partial charge in [0.25, 0.3) is 0 Å². The van der Waals surface area contributed by atoms with Crippen molar-refractivity contribution in [1.82, 2.24) is 30.2 Å². The largest absolute Gasteiger partial charge is 0.378 e. The van der Waals surface area contributed by atoms with Gasteiger partial charge in [-0.25, -0.2) is 9.97 Å². The van der Waals surface area contributed by atoms with E-state index in [1.807, 2.05) is 60.7 Å². The number of hydrogen-bond donors (Lipinski definition) is 1. The predicted molar refractivity (Wildman–Crippen MR) is 143 cm³/mol. The minimum absolute atomic E-state index is 0.536. The fourth-order valence-electron chi connectivity index (χ4n) is 4.27. The molecule has 0 bridgehead atoms. The Morgan fingerprint density at radius 3 is 2.51 bits per heavy atom. The van der Waals surface area contributed by atoms with Crippen molar-refractivity contribution in [3.8, 4) is 22.6 Å². The molecule has 0 aliphatic carbocycles. The third-order valence-electron chi connectivity index (χ3n) is 6.19. The van der Waals surface area contributed by atoms with Gasteiger partial charge in [0.1, 0.15) is 0 Å². The molecule has 6 rings (SSSR count). The number of ether oxygens (including phenoxy) is 1. The van der Waals surface area contributed by atoms with E-state index in [-0.39, 0.29) is 0 Å². The van der Waals surface area contributed by atoms with E-state index in [4.69, 9.17) is 9.72 Å². The van der Waals surface area contributed by atoms with Crippen LogP contribution >= 0.6 is 0 Å². The molecular formula is C28H26N8O. The fourth-order valence-corrected chi connectivity index (χ4v) is 4.27. The van der Waals surface area contributed by atoms with E-state index in [2.05, 4.69) is 54.9 Å². The first-order valence-corrected chi connectivity index (χ1v) is 12.3. The monoisotopic (exact) mass is 490 g/mol. The molecule has 1 saturated heterocycles. The van der Waals surface area contributed by atoms with Crippen LogP contribution in [0, 0.1) is 0 Å². The summed E-state index contributed by atoms with van der Waals surface area (Å²) in [5, 5.41) is 16.2. The van der Waals surface area contributed by atoms with Crippen molar-refractivity contribution in [3.63, 3.8) is 0 Å². The first kappa shape index (κ1) is 22.8. The lowest BCUT2D eigenvalue weighted by Gasteiger charge is -2.29. The Bertz CT molecular complexity index is 1460. The average Bonchev–Trinajstić information content (AvgIpc) is 3.43. The Morgan fingerprint density at radius 2 is 1.68 bits per heavy atom. The molecule has 1 fully saturated rings. The number of tetrazole rings is 1. The molecule has 0 unspecified atom stereocenters. The SMILES string of the molecule is c1ccc(Cn2nnc(-c3ccc(Nc4nccc(-c5cccc(N6CCOCC6)c5)n4)cc3)n2)cc1. The number of benzene rings is 3. The van der Waals surface area contributed by atoms with E-state index in [1.54, 1.807) is 11.0 Å². The third kappa shape index (κ3) is 5.46. The quantitative estimate of drug-likeness (QED) is 0.358. The standard InChI is InChI=1S/C28H26N8O/c1-2-5-21(6-3-1)20-36-33-27(32-34-36)22-9-11-24(12-10-22)30-28-29-14-13-26(31-28)23-7-4-8-25(19-23)35-15-17-37-18-16-35/h1-14,19H,15-18,20H2,(H,29,30,31). The Hall–Kier alpha value is -4.63. The maximum atomic E-state index is 5.48. The second kappa shape index (κ2) is 10.5. The smallest absolute Gasteiger partial charge is 0.227 e. The van der Waals surface area contributed by atoms with Gasteiger partial charge in [0.15, 0.2) is 0 Å².